The van der Waals surface area contributed by atoms with Gasteiger partial charge in [0.05, 0.1) is 5.92 Å². The van der Waals surface area contributed by atoms with Crippen molar-refractivity contribution in [2.75, 3.05) is 13.1 Å². The van der Waals surface area contributed by atoms with Gasteiger partial charge >= 0.3 is 5.97 Å². The summed E-state index contributed by atoms with van der Waals surface area (Å²) in [6, 6.07) is 0. The van der Waals surface area contributed by atoms with E-state index in [0.717, 1.165) is 0 Å². The molecule has 15 heavy (non-hydrogen) atoms. The van der Waals surface area contributed by atoms with Gasteiger partial charge in [-0.1, -0.05) is 0 Å². The predicted molar refractivity (Wildman–Crippen MR) is 49.8 cm³/mol. The van der Waals surface area contributed by atoms with E-state index in [2.05, 4.69) is 5.32 Å². The minimum atomic E-state index is -2.59. The summed E-state index contributed by atoms with van der Waals surface area (Å²) in [7, 11) is 0. The number of hydrogen-bond acceptors (Lipinski definition) is 2. The van der Waals surface area contributed by atoms with Crippen LogP contribution in [0.5, 0.6) is 0 Å². The number of carboxylic acid groups (broad SMARTS) is 1. The van der Waals surface area contributed by atoms with Crippen molar-refractivity contribution in [1.82, 2.24) is 5.32 Å². The molecule has 2 aliphatic rings. The molecule has 1 unspecified atom stereocenters. The minimum Gasteiger partial charge on any atom is -0.481 e. The van der Waals surface area contributed by atoms with Gasteiger partial charge in [0.15, 0.2) is 0 Å². The highest BCUT2D eigenvalue weighted by Crippen LogP contribution is 2.49. The first kappa shape index (κ1) is 10.8. The first-order valence-electron chi connectivity index (χ1n) is 5.27. The first-order valence-corrected chi connectivity index (χ1v) is 5.27. The molecule has 1 saturated heterocycles. The van der Waals surface area contributed by atoms with Gasteiger partial charge in [-0.15, -0.1) is 0 Å². The van der Waals surface area contributed by atoms with Gasteiger partial charge in [-0.3, -0.25) is 4.79 Å². The predicted octanol–water partition coefficient (Wildman–Crippen LogP) is 1.49. The fraction of sp³-hybridized carbons (Fsp3) is 0.900. The quantitative estimate of drug-likeness (QED) is 0.702. The summed E-state index contributed by atoms with van der Waals surface area (Å²) in [4.78, 5) is 11.0. The molecule has 0 amide bonds. The molecule has 0 radical (unpaired) electrons. The van der Waals surface area contributed by atoms with Crippen molar-refractivity contribution >= 4 is 5.97 Å². The Morgan fingerprint density at radius 2 is 1.87 bits per heavy atom. The molecule has 1 aliphatic heterocycles. The Labute approximate surface area is 86.8 Å². The normalized spacial score (nSPS) is 33.1. The Morgan fingerprint density at radius 3 is 2.40 bits per heavy atom. The Hall–Kier alpha value is -0.710. The van der Waals surface area contributed by atoms with Gasteiger partial charge in [-0.2, -0.15) is 0 Å². The molecular weight excluding hydrogens is 204 g/mol. The van der Waals surface area contributed by atoms with Crippen LogP contribution in [0.15, 0.2) is 0 Å². The third kappa shape index (κ3) is 1.85. The van der Waals surface area contributed by atoms with Crippen LogP contribution in [0.2, 0.25) is 0 Å². The zero-order valence-electron chi connectivity index (χ0n) is 8.43. The van der Waals surface area contributed by atoms with Gasteiger partial charge in [-0.05, 0) is 18.3 Å². The van der Waals surface area contributed by atoms with Crippen molar-refractivity contribution in [3.8, 4) is 0 Å². The molecule has 0 aromatic carbocycles. The molecular formula is C10H15F2NO2. The zero-order chi connectivity index (χ0) is 11.1. The summed E-state index contributed by atoms with van der Waals surface area (Å²) < 4.78 is 26.0. The molecule has 1 spiro atoms. The van der Waals surface area contributed by atoms with Crippen molar-refractivity contribution < 1.29 is 18.7 Å². The average molecular weight is 219 g/mol. The highest BCUT2D eigenvalue weighted by molar-refractivity contribution is 5.72. The minimum absolute atomic E-state index is 0.168. The third-order valence-electron chi connectivity index (χ3n) is 3.84. The van der Waals surface area contributed by atoms with E-state index < -0.39 is 23.2 Å². The molecule has 5 heteroatoms. The molecule has 1 saturated carbocycles. The van der Waals surface area contributed by atoms with Crippen molar-refractivity contribution in [3.63, 3.8) is 0 Å². The summed E-state index contributed by atoms with van der Waals surface area (Å²) in [5.41, 5.74) is -0.423. The molecule has 86 valence electrons. The fourth-order valence-electron chi connectivity index (χ4n) is 2.79. The van der Waals surface area contributed by atoms with Crippen molar-refractivity contribution in [3.05, 3.63) is 0 Å². The monoisotopic (exact) mass is 219 g/mol. The van der Waals surface area contributed by atoms with Crippen LogP contribution in [0.1, 0.15) is 25.7 Å². The maximum Gasteiger partial charge on any atom is 0.308 e. The van der Waals surface area contributed by atoms with E-state index >= 15 is 0 Å². The number of hydrogen-bond donors (Lipinski definition) is 2. The zero-order valence-corrected chi connectivity index (χ0v) is 8.43. The Bertz CT molecular complexity index is 271. The Balaban J connectivity index is 2.11. The number of rotatable bonds is 1. The lowest BCUT2D eigenvalue weighted by Crippen LogP contribution is -2.41. The van der Waals surface area contributed by atoms with E-state index in [0.29, 0.717) is 25.9 Å². The molecule has 1 atom stereocenters. The number of carboxylic acids is 1. The summed E-state index contributed by atoms with van der Waals surface area (Å²) >= 11 is 0. The Morgan fingerprint density at radius 1 is 1.27 bits per heavy atom. The lowest BCUT2D eigenvalue weighted by molar-refractivity contribution is -0.148. The smallest absolute Gasteiger partial charge is 0.308 e. The SMILES string of the molecule is O=C(O)C1CNCC12CCC(F)(F)CC2. The van der Waals surface area contributed by atoms with Crippen LogP contribution in [-0.2, 0) is 4.79 Å². The largest absolute Gasteiger partial charge is 0.481 e. The van der Waals surface area contributed by atoms with E-state index in [1.807, 2.05) is 0 Å². The van der Waals surface area contributed by atoms with Gasteiger partial charge < -0.3 is 10.4 Å². The highest BCUT2D eigenvalue weighted by atomic mass is 19.3. The third-order valence-corrected chi connectivity index (χ3v) is 3.84. The maximum absolute atomic E-state index is 13.0. The van der Waals surface area contributed by atoms with Crippen LogP contribution in [0.4, 0.5) is 8.78 Å². The molecule has 0 aromatic heterocycles. The van der Waals surface area contributed by atoms with E-state index in [1.165, 1.54) is 0 Å². The van der Waals surface area contributed by atoms with Crippen molar-refractivity contribution in [1.29, 1.82) is 0 Å². The summed E-state index contributed by atoms with van der Waals surface area (Å²) in [6.45, 7) is 0.987. The molecule has 0 aromatic rings. The van der Waals surface area contributed by atoms with Gasteiger partial charge in [0.1, 0.15) is 0 Å². The standard InChI is InChI=1S/C10H15F2NO2/c11-10(12)3-1-9(2-4-10)6-13-5-7(9)8(14)15/h7,13H,1-6H2,(H,14,15). The van der Waals surface area contributed by atoms with Crippen LogP contribution in [0.3, 0.4) is 0 Å². The van der Waals surface area contributed by atoms with E-state index in [1.54, 1.807) is 0 Å². The van der Waals surface area contributed by atoms with Crippen LogP contribution in [0.25, 0.3) is 0 Å². The number of aliphatic carboxylic acids is 1. The van der Waals surface area contributed by atoms with Gasteiger partial charge in [0.2, 0.25) is 5.92 Å². The summed E-state index contributed by atoms with van der Waals surface area (Å²) in [5, 5.41) is 12.0. The first-order chi connectivity index (χ1) is 6.95. The Kier molecular flexibility index (Phi) is 2.45. The molecule has 1 heterocycles. The number of halogens is 2. The van der Waals surface area contributed by atoms with E-state index in [-0.39, 0.29) is 12.8 Å². The molecule has 0 bridgehead atoms. The maximum atomic E-state index is 13.0. The topological polar surface area (TPSA) is 49.3 Å². The lowest BCUT2D eigenvalue weighted by atomic mass is 9.67. The number of carbonyl (C=O) groups is 1. The average Bonchev–Trinajstić information content (AvgIpc) is 2.55. The number of alkyl halides is 2. The molecule has 2 rings (SSSR count). The van der Waals surface area contributed by atoms with E-state index in [9.17, 15) is 13.6 Å². The van der Waals surface area contributed by atoms with Crippen LogP contribution in [-0.4, -0.2) is 30.1 Å². The van der Waals surface area contributed by atoms with Crippen molar-refractivity contribution in [2.45, 2.75) is 31.6 Å². The lowest BCUT2D eigenvalue weighted by Gasteiger charge is -2.39. The molecule has 2 fully saturated rings. The van der Waals surface area contributed by atoms with Gasteiger partial charge in [0, 0.05) is 25.9 Å². The summed E-state index contributed by atoms with van der Waals surface area (Å²) in [6.07, 6.45) is 0.310. The van der Waals surface area contributed by atoms with Gasteiger partial charge in [-0.25, -0.2) is 8.78 Å². The second-order valence-corrected chi connectivity index (χ2v) is 4.74. The molecule has 2 N–H and O–H groups in total. The van der Waals surface area contributed by atoms with Crippen LogP contribution >= 0.6 is 0 Å². The molecule has 1 aliphatic carbocycles. The fourth-order valence-corrected chi connectivity index (χ4v) is 2.79. The highest BCUT2D eigenvalue weighted by Gasteiger charge is 2.52. The second-order valence-electron chi connectivity index (χ2n) is 4.74. The summed E-state index contributed by atoms with van der Waals surface area (Å²) in [5.74, 6) is -3.93. The van der Waals surface area contributed by atoms with Crippen molar-refractivity contribution in [2.24, 2.45) is 11.3 Å². The van der Waals surface area contributed by atoms with Gasteiger partial charge in [0.25, 0.3) is 0 Å². The molecule has 3 nitrogen and oxygen atoms in total. The van der Waals surface area contributed by atoms with Crippen LogP contribution < -0.4 is 5.32 Å². The van der Waals surface area contributed by atoms with E-state index in [4.69, 9.17) is 5.11 Å². The number of nitrogens with one attached hydrogen (secondary N) is 1. The van der Waals surface area contributed by atoms with Crippen LogP contribution in [0, 0.1) is 11.3 Å². The second kappa shape index (κ2) is 3.40.